The van der Waals surface area contributed by atoms with Crippen LogP contribution in [0.1, 0.15) is 49.7 Å². The fraction of sp³-hybridized carbons (Fsp3) is 0.571. The molecule has 1 aromatic carbocycles. The van der Waals surface area contributed by atoms with Crippen LogP contribution in [0.15, 0.2) is 18.2 Å². The molecule has 82 valence electrons. The maximum atomic E-state index is 5.88. The van der Waals surface area contributed by atoms with E-state index in [4.69, 9.17) is 5.73 Å². The smallest absolute Gasteiger partial charge is 0.0317 e. The lowest BCUT2D eigenvalue weighted by Gasteiger charge is -2.30. The van der Waals surface area contributed by atoms with Crippen LogP contribution in [0.2, 0.25) is 0 Å². The predicted octanol–water partition coefficient (Wildman–Crippen LogP) is 3.87. The number of benzene rings is 1. The average Bonchev–Trinajstić information content (AvgIpc) is 2.23. The van der Waals surface area contributed by atoms with Crippen LogP contribution >= 0.6 is 0 Å². The van der Waals surface area contributed by atoms with Crippen molar-refractivity contribution in [3.63, 3.8) is 0 Å². The lowest BCUT2D eigenvalue weighted by Crippen LogP contribution is -2.16. The number of aryl methyl sites for hydroxylation is 1. The number of anilines is 1. The Balaban J connectivity index is 2.30. The van der Waals surface area contributed by atoms with Crippen molar-refractivity contribution in [3.05, 3.63) is 29.3 Å². The van der Waals surface area contributed by atoms with Gasteiger partial charge in [-0.2, -0.15) is 0 Å². The Kier molecular flexibility index (Phi) is 2.99. The van der Waals surface area contributed by atoms with E-state index >= 15 is 0 Å². The van der Waals surface area contributed by atoms with Crippen LogP contribution in [0.3, 0.4) is 0 Å². The molecule has 1 aromatic rings. The van der Waals surface area contributed by atoms with Gasteiger partial charge < -0.3 is 5.73 Å². The van der Waals surface area contributed by atoms with Crippen LogP contribution < -0.4 is 5.73 Å². The van der Waals surface area contributed by atoms with E-state index in [1.807, 2.05) is 6.07 Å². The molecule has 0 bridgehead atoms. The first-order chi connectivity index (χ1) is 7.18. The fourth-order valence-corrected chi connectivity index (χ4v) is 2.84. The predicted molar refractivity (Wildman–Crippen MR) is 66.0 cm³/mol. The highest BCUT2D eigenvalue weighted by molar-refractivity contribution is 5.46. The molecule has 0 radical (unpaired) electrons. The molecule has 2 rings (SSSR count). The first-order valence-corrected chi connectivity index (χ1v) is 6.04. The van der Waals surface area contributed by atoms with Crippen molar-refractivity contribution >= 4 is 5.69 Å². The van der Waals surface area contributed by atoms with Crippen molar-refractivity contribution in [1.29, 1.82) is 0 Å². The Hall–Kier alpha value is -0.980. The zero-order chi connectivity index (χ0) is 10.8. The van der Waals surface area contributed by atoms with Crippen LogP contribution in [-0.4, -0.2) is 0 Å². The lowest BCUT2D eigenvalue weighted by atomic mass is 9.75. The molecular weight excluding hydrogens is 182 g/mol. The molecule has 1 aliphatic rings. The van der Waals surface area contributed by atoms with E-state index in [1.54, 1.807) is 0 Å². The summed E-state index contributed by atoms with van der Waals surface area (Å²) in [5.74, 6) is 1.56. The van der Waals surface area contributed by atoms with Gasteiger partial charge in [-0.3, -0.25) is 0 Å². The van der Waals surface area contributed by atoms with Crippen molar-refractivity contribution < 1.29 is 0 Å². The molecule has 0 aliphatic heterocycles. The minimum absolute atomic E-state index is 0.738. The second kappa shape index (κ2) is 4.26. The third-order valence-electron chi connectivity index (χ3n) is 3.81. The Bertz CT molecular complexity index is 343. The van der Waals surface area contributed by atoms with E-state index in [0.29, 0.717) is 0 Å². The maximum absolute atomic E-state index is 5.88. The molecule has 1 saturated carbocycles. The molecular formula is C14H21N. The summed E-state index contributed by atoms with van der Waals surface area (Å²) in [4.78, 5) is 0. The van der Waals surface area contributed by atoms with Crippen LogP contribution in [0.4, 0.5) is 5.69 Å². The number of rotatable bonds is 1. The summed E-state index contributed by atoms with van der Waals surface area (Å²) in [6, 6.07) is 6.35. The summed E-state index contributed by atoms with van der Waals surface area (Å²) in [5, 5.41) is 0. The van der Waals surface area contributed by atoms with Crippen molar-refractivity contribution in [2.24, 2.45) is 5.92 Å². The highest BCUT2D eigenvalue weighted by Gasteiger charge is 2.23. The molecule has 1 nitrogen and oxygen atoms in total. The van der Waals surface area contributed by atoms with E-state index in [2.05, 4.69) is 26.0 Å². The van der Waals surface area contributed by atoms with Crippen LogP contribution in [-0.2, 0) is 0 Å². The first-order valence-electron chi connectivity index (χ1n) is 6.04. The Morgan fingerprint density at radius 2 is 1.93 bits per heavy atom. The topological polar surface area (TPSA) is 26.0 Å². The van der Waals surface area contributed by atoms with Crippen molar-refractivity contribution in [3.8, 4) is 0 Å². The van der Waals surface area contributed by atoms with Crippen LogP contribution in [0.5, 0.6) is 0 Å². The van der Waals surface area contributed by atoms with Gasteiger partial charge in [-0.05, 0) is 48.4 Å². The van der Waals surface area contributed by atoms with Gasteiger partial charge in [-0.25, -0.2) is 0 Å². The standard InChI is InChI=1S/C14H21N/c1-10-5-3-4-6-13(10)14-9-12(15)8-7-11(14)2/h7-10,13H,3-6,15H2,1-2H3/t10-,13-/m1/s1. The summed E-state index contributed by atoms with van der Waals surface area (Å²) in [7, 11) is 0. The summed E-state index contributed by atoms with van der Waals surface area (Å²) >= 11 is 0. The van der Waals surface area contributed by atoms with Crippen molar-refractivity contribution in [1.82, 2.24) is 0 Å². The van der Waals surface area contributed by atoms with Crippen molar-refractivity contribution in [2.45, 2.75) is 45.4 Å². The summed E-state index contributed by atoms with van der Waals surface area (Å²) < 4.78 is 0. The molecule has 0 unspecified atom stereocenters. The molecule has 1 fully saturated rings. The second-order valence-corrected chi connectivity index (χ2v) is 4.98. The number of hydrogen-bond donors (Lipinski definition) is 1. The number of nitrogen functional groups attached to an aromatic ring is 1. The van der Waals surface area contributed by atoms with E-state index < -0.39 is 0 Å². The molecule has 0 aromatic heterocycles. The van der Waals surface area contributed by atoms with Gasteiger partial charge in [0.05, 0.1) is 0 Å². The van der Waals surface area contributed by atoms with Gasteiger partial charge in [0.1, 0.15) is 0 Å². The van der Waals surface area contributed by atoms with Crippen LogP contribution in [0.25, 0.3) is 0 Å². The number of hydrogen-bond acceptors (Lipinski definition) is 1. The Morgan fingerprint density at radius 1 is 1.20 bits per heavy atom. The van der Waals surface area contributed by atoms with Gasteiger partial charge in [-0.15, -0.1) is 0 Å². The zero-order valence-electron chi connectivity index (χ0n) is 9.79. The highest BCUT2D eigenvalue weighted by atomic mass is 14.5. The molecule has 0 spiro atoms. The number of nitrogens with two attached hydrogens (primary N) is 1. The molecule has 1 aliphatic carbocycles. The molecule has 0 heterocycles. The van der Waals surface area contributed by atoms with Crippen molar-refractivity contribution in [2.75, 3.05) is 5.73 Å². The zero-order valence-corrected chi connectivity index (χ0v) is 9.79. The third kappa shape index (κ3) is 2.17. The summed E-state index contributed by atoms with van der Waals surface area (Å²) in [6.45, 7) is 4.59. The molecule has 15 heavy (non-hydrogen) atoms. The van der Waals surface area contributed by atoms with Gasteiger partial charge in [0.2, 0.25) is 0 Å². The first kappa shape index (κ1) is 10.5. The quantitative estimate of drug-likeness (QED) is 0.689. The maximum Gasteiger partial charge on any atom is 0.0317 e. The van der Waals surface area contributed by atoms with Gasteiger partial charge >= 0.3 is 0 Å². The molecule has 2 N–H and O–H groups in total. The van der Waals surface area contributed by atoms with Gasteiger partial charge in [0, 0.05) is 5.69 Å². The molecule has 2 atom stereocenters. The van der Waals surface area contributed by atoms with Gasteiger partial charge in [-0.1, -0.05) is 32.3 Å². The summed E-state index contributed by atoms with van der Waals surface area (Å²) in [6.07, 6.45) is 5.49. The van der Waals surface area contributed by atoms with Crippen LogP contribution in [0, 0.1) is 12.8 Å². The average molecular weight is 203 g/mol. The Labute approximate surface area is 92.7 Å². The molecule has 0 amide bonds. The van der Waals surface area contributed by atoms with Gasteiger partial charge in [0.15, 0.2) is 0 Å². The minimum atomic E-state index is 0.738. The second-order valence-electron chi connectivity index (χ2n) is 4.98. The third-order valence-corrected chi connectivity index (χ3v) is 3.81. The van der Waals surface area contributed by atoms with E-state index in [9.17, 15) is 0 Å². The largest absolute Gasteiger partial charge is 0.399 e. The van der Waals surface area contributed by atoms with E-state index in [-0.39, 0.29) is 0 Å². The monoisotopic (exact) mass is 203 g/mol. The van der Waals surface area contributed by atoms with E-state index in [0.717, 1.165) is 17.5 Å². The molecule has 1 heteroatoms. The van der Waals surface area contributed by atoms with E-state index in [1.165, 1.54) is 36.8 Å². The van der Waals surface area contributed by atoms with Gasteiger partial charge in [0.25, 0.3) is 0 Å². The summed E-state index contributed by atoms with van der Waals surface area (Å²) in [5.41, 5.74) is 9.68. The SMILES string of the molecule is Cc1ccc(N)cc1[C@@H]1CCCC[C@H]1C. The fourth-order valence-electron chi connectivity index (χ4n) is 2.84. The molecule has 0 saturated heterocycles. The highest BCUT2D eigenvalue weighted by Crippen LogP contribution is 2.39. The minimum Gasteiger partial charge on any atom is -0.399 e. The Morgan fingerprint density at radius 3 is 2.67 bits per heavy atom. The normalized spacial score (nSPS) is 26.5. The lowest BCUT2D eigenvalue weighted by molar-refractivity contribution is 0.330.